The topological polar surface area (TPSA) is 26.3 Å². The van der Waals surface area contributed by atoms with E-state index in [2.05, 4.69) is 19.9 Å². The molecule has 0 saturated carbocycles. The number of halogens is 1. The van der Waals surface area contributed by atoms with Crippen LogP contribution in [-0.2, 0) is 16.6 Å². The second-order valence-electron chi connectivity index (χ2n) is 7.82. The van der Waals surface area contributed by atoms with Crippen LogP contribution in [0.4, 0.5) is 0 Å². The number of carbonyl (C=O) groups is 1. The Balaban J connectivity index is 2.14. The predicted molar refractivity (Wildman–Crippen MR) is 103 cm³/mol. The Hall–Kier alpha value is -1.80. The largest absolute Gasteiger partial charge is 0.488 e. The molecule has 25 heavy (non-hydrogen) atoms. The second kappa shape index (κ2) is 6.17. The van der Waals surface area contributed by atoms with Gasteiger partial charge < -0.3 is 4.74 Å². The van der Waals surface area contributed by atoms with Gasteiger partial charge in [0.15, 0.2) is 0 Å². The van der Waals surface area contributed by atoms with Crippen LogP contribution in [0.3, 0.4) is 0 Å². The highest BCUT2D eigenvalue weighted by molar-refractivity contribution is 6.30. The molecule has 0 spiro atoms. The number of benzene rings is 2. The lowest BCUT2D eigenvalue weighted by Crippen LogP contribution is -2.35. The van der Waals surface area contributed by atoms with Gasteiger partial charge in [-0.1, -0.05) is 29.8 Å². The first-order chi connectivity index (χ1) is 11.6. The monoisotopic (exact) mass is 356 g/mol. The first kappa shape index (κ1) is 18.0. The van der Waals surface area contributed by atoms with Crippen LogP contribution in [0.15, 0.2) is 36.4 Å². The maximum atomic E-state index is 12.7. The first-order valence-electron chi connectivity index (χ1n) is 8.73. The molecular weight excluding hydrogens is 332 g/mol. The first-order valence-corrected chi connectivity index (χ1v) is 9.11. The van der Waals surface area contributed by atoms with Crippen molar-refractivity contribution in [2.75, 3.05) is 0 Å². The van der Waals surface area contributed by atoms with Gasteiger partial charge in [0.05, 0.1) is 5.41 Å². The fraction of sp³-hybridized carbons (Fsp3) is 0.409. The highest BCUT2D eigenvalue weighted by Gasteiger charge is 2.37. The number of hydrogen-bond donors (Lipinski definition) is 0. The summed E-state index contributed by atoms with van der Waals surface area (Å²) >= 11 is 6.23. The van der Waals surface area contributed by atoms with Gasteiger partial charge in [0.1, 0.15) is 17.1 Å². The normalized spacial score (nSPS) is 18.0. The molecule has 0 amide bonds. The van der Waals surface area contributed by atoms with Crippen molar-refractivity contribution in [2.24, 2.45) is 0 Å². The number of hydrogen-bond acceptors (Lipinski definition) is 2. The number of fused-ring (bicyclic) bond motifs is 1. The Morgan fingerprint density at radius 1 is 1.20 bits per heavy atom. The van der Waals surface area contributed by atoms with Gasteiger partial charge in [-0.15, -0.1) is 0 Å². The number of aryl methyl sites for hydroxylation is 2. The van der Waals surface area contributed by atoms with E-state index in [9.17, 15) is 4.79 Å². The van der Waals surface area contributed by atoms with E-state index in [0.29, 0.717) is 5.02 Å². The third-order valence-electron chi connectivity index (χ3n) is 5.46. The summed E-state index contributed by atoms with van der Waals surface area (Å²) in [6.45, 7) is 9.89. The average molecular weight is 357 g/mol. The Morgan fingerprint density at radius 3 is 2.60 bits per heavy atom. The molecule has 2 nitrogen and oxygen atoms in total. The van der Waals surface area contributed by atoms with E-state index in [0.717, 1.165) is 35.3 Å². The molecule has 1 atom stereocenters. The molecule has 0 bridgehead atoms. The maximum Gasteiger partial charge on any atom is 0.144 e. The molecule has 132 valence electrons. The number of Topliss-reactive ketones (excluding diaryl/α,β-unsaturated/α-hetero) is 1. The van der Waals surface area contributed by atoms with Crippen molar-refractivity contribution in [1.82, 2.24) is 0 Å². The van der Waals surface area contributed by atoms with E-state index >= 15 is 0 Å². The Morgan fingerprint density at radius 2 is 1.92 bits per heavy atom. The SMILES string of the molecule is CC(=O)C(C)(c1ccc2c(c1)CCC(C)(C)O2)c1cc(Cl)ccc1C. The summed E-state index contributed by atoms with van der Waals surface area (Å²) in [4.78, 5) is 12.7. The molecule has 3 rings (SSSR count). The molecule has 0 aliphatic carbocycles. The van der Waals surface area contributed by atoms with Crippen LogP contribution in [0.1, 0.15) is 56.4 Å². The summed E-state index contributed by atoms with van der Waals surface area (Å²) in [5.74, 6) is 1.03. The van der Waals surface area contributed by atoms with Crippen LogP contribution in [0, 0.1) is 6.92 Å². The fourth-order valence-electron chi connectivity index (χ4n) is 3.65. The van der Waals surface area contributed by atoms with Crippen molar-refractivity contribution in [3.05, 3.63) is 63.7 Å². The molecule has 1 unspecified atom stereocenters. The number of rotatable bonds is 3. The third-order valence-corrected chi connectivity index (χ3v) is 5.70. The number of carbonyl (C=O) groups excluding carboxylic acids is 1. The Kier molecular flexibility index (Phi) is 4.45. The highest BCUT2D eigenvalue weighted by atomic mass is 35.5. The maximum absolute atomic E-state index is 12.7. The molecule has 0 aromatic heterocycles. The molecular formula is C22H25ClO2. The lowest BCUT2D eigenvalue weighted by atomic mass is 9.71. The summed E-state index contributed by atoms with van der Waals surface area (Å²) in [7, 11) is 0. The molecule has 1 aliphatic rings. The lowest BCUT2D eigenvalue weighted by molar-refractivity contribution is -0.120. The van der Waals surface area contributed by atoms with Crippen molar-refractivity contribution in [3.8, 4) is 5.75 Å². The zero-order valence-electron chi connectivity index (χ0n) is 15.6. The van der Waals surface area contributed by atoms with Gasteiger partial charge in [0, 0.05) is 5.02 Å². The van der Waals surface area contributed by atoms with Crippen LogP contribution in [0.2, 0.25) is 5.02 Å². The smallest absolute Gasteiger partial charge is 0.144 e. The zero-order chi connectivity index (χ0) is 18.4. The molecule has 3 heteroatoms. The van der Waals surface area contributed by atoms with Gasteiger partial charge in [-0.05, 0) is 87.9 Å². The van der Waals surface area contributed by atoms with Gasteiger partial charge in [0.2, 0.25) is 0 Å². The standard InChI is InChI=1S/C22H25ClO2/c1-14-6-8-18(23)13-19(14)22(5,15(2)24)17-7-9-20-16(12-17)10-11-21(3,4)25-20/h6-9,12-13H,10-11H2,1-5H3. The Labute approximate surface area is 155 Å². The Bertz CT molecular complexity index is 838. The van der Waals surface area contributed by atoms with Crippen molar-refractivity contribution in [3.63, 3.8) is 0 Å². The van der Waals surface area contributed by atoms with Crippen LogP contribution in [-0.4, -0.2) is 11.4 Å². The molecule has 0 saturated heterocycles. The fourth-order valence-corrected chi connectivity index (χ4v) is 3.82. The summed E-state index contributed by atoms with van der Waals surface area (Å²) in [5.41, 5.74) is 3.33. The van der Waals surface area contributed by atoms with Crippen molar-refractivity contribution in [1.29, 1.82) is 0 Å². The van der Waals surface area contributed by atoms with Crippen LogP contribution < -0.4 is 4.74 Å². The van der Waals surface area contributed by atoms with Crippen molar-refractivity contribution < 1.29 is 9.53 Å². The summed E-state index contributed by atoms with van der Waals surface area (Å²) in [5, 5.41) is 0.649. The molecule has 0 fully saturated rings. The molecule has 0 N–H and O–H groups in total. The molecule has 2 aromatic rings. The van der Waals surface area contributed by atoms with E-state index < -0.39 is 5.41 Å². The van der Waals surface area contributed by atoms with E-state index in [4.69, 9.17) is 16.3 Å². The minimum absolute atomic E-state index is 0.106. The summed E-state index contributed by atoms with van der Waals surface area (Å²) in [6, 6.07) is 11.9. The van der Waals surface area contributed by atoms with Gasteiger partial charge in [-0.25, -0.2) is 0 Å². The van der Waals surface area contributed by atoms with E-state index in [-0.39, 0.29) is 11.4 Å². The summed E-state index contributed by atoms with van der Waals surface area (Å²) in [6.07, 6.45) is 1.93. The average Bonchev–Trinajstić information content (AvgIpc) is 2.55. The summed E-state index contributed by atoms with van der Waals surface area (Å²) < 4.78 is 6.09. The van der Waals surface area contributed by atoms with Crippen LogP contribution in [0.25, 0.3) is 0 Å². The van der Waals surface area contributed by atoms with Crippen LogP contribution >= 0.6 is 11.6 Å². The third kappa shape index (κ3) is 3.20. The van der Waals surface area contributed by atoms with Crippen LogP contribution in [0.5, 0.6) is 5.75 Å². The quantitative estimate of drug-likeness (QED) is 0.710. The highest BCUT2D eigenvalue weighted by Crippen LogP contribution is 2.40. The van der Waals surface area contributed by atoms with E-state index in [1.54, 1.807) is 6.92 Å². The van der Waals surface area contributed by atoms with Gasteiger partial charge in [-0.2, -0.15) is 0 Å². The minimum Gasteiger partial charge on any atom is -0.488 e. The van der Waals surface area contributed by atoms with Crippen molar-refractivity contribution in [2.45, 2.75) is 58.5 Å². The zero-order valence-corrected chi connectivity index (χ0v) is 16.3. The predicted octanol–water partition coefficient (Wildman–Crippen LogP) is 5.65. The molecule has 2 aromatic carbocycles. The van der Waals surface area contributed by atoms with E-state index in [1.165, 1.54) is 5.56 Å². The van der Waals surface area contributed by atoms with Crippen molar-refractivity contribution >= 4 is 17.4 Å². The van der Waals surface area contributed by atoms with Gasteiger partial charge in [0.25, 0.3) is 0 Å². The van der Waals surface area contributed by atoms with Gasteiger partial charge >= 0.3 is 0 Å². The molecule has 1 aliphatic heterocycles. The molecule has 1 heterocycles. The molecule has 0 radical (unpaired) electrons. The number of ether oxygens (including phenoxy) is 1. The lowest BCUT2D eigenvalue weighted by Gasteiger charge is -2.35. The minimum atomic E-state index is -0.725. The van der Waals surface area contributed by atoms with E-state index in [1.807, 2.05) is 44.2 Å². The number of ketones is 1. The second-order valence-corrected chi connectivity index (χ2v) is 8.26. The van der Waals surface area contributed by atoms with Gasteiger partial charge in [-0.3, -0.25) is 4.79 Å².